The van der Waals surface area contributed by atoms with Crippen molar-refractivity contribution in [3.8, 4) is 5.75 Å². The molecule has 3 aromatic rings. The molecule has 0 aromatic heterocycles. The number of amides is 1. The summed E-state index contributed by atoms with van der Waals surface area (Å²) in [5.74, 6) is -0.513. The van der Waals surface area contributed by atoms with Crippen molar-refractivity contribution in [3.05, 3.63) is 106 Å². The van der Waals surface area contributed by atoms with E-state index in [0.717, 1.165) is 22.3 Å². The third kappa shape index (κ3) is 4.34. The minimum atomic E-state index is -0.715. The van der Waals surface area contributed by atoms with Gasteiger partial charge in [-0.1, -0.05) is 86.1 Å². The van der Waals surface area contributed by atoms with Crippen molar-refractivity contribution in [3.63, 3.8) is 0 Å². The zero-order chi connectivity index (χ0) is 24.4. The average molecular weight is 456 g/mol. The number of benzene rings is 3. The van der Waals surface area contributed by atoms with Crippen LogP contribution in [0.15, 0.2) is 78.4 Å². The number of ketones is 1. The van der Waals surface area contributed by atoms with Gasteiger partial charge >= 0.3 is 0 Å². The van der Waals surface area contributed by atoms with Crippen molar-refractivity contribution in [2.24, 2.45) is 0 Å². The van der Waals surface area contributed by atoms with Gasteiger partial charge in [-0.25, -0.2) is 0 Å². The van der Waals surface area contributed by atoms with Crippen LogP contribution in [0.4, 0.5) is 0 Å². The lowest BCUT2D eigenvalue weighted by Crippen LogP contribution is -2.29. The standard InChI is InChI=1S/C29H29NO4/c1-18(2)20-13-15-21(16-14-20)26-25(27(31)22-11-9-19(3)10-12-22)28(32)29(33)30(26)17-23-7-5-6-8-24(23)34-4/h5-16,18,26,31H,17H2,1-4H3/b27-25+. The smallest absolute Gasteiger partial charge is 0.295 e. The van der Waals surface area contributed by atoms with Crippen LogP contribution in [0.5, 0.6) is 5.75 Å². The molecule has 1 fully saturated rings. The molecule has 174 valence electrons. The van der Waals surface area contributed by atoms with Crippen molar-refractivity contribution in [2.75, 3.05) is 7.11 Å². The van der Waals surface area contributed by atoms with E-state index in [1.54, 1.807) is 19.2 Å². The number of rotatable bonds is 6. The van der Waals surface area contributed by atoms with Crippen LogP contribution in [0.1, 0.15) is 53.6 Å². The number of aliphatic hydroxyl groups excluding tert-OH is 1. The molecular weight excluding hydrogens is 426 g/mol. The number of hydrogen-bond acceptors (Lipinski definition) is 4. The number of likely N-dealkylation sites (tertiary alicyclic amines) is 1. The molecule has 0 bridgehead atoms. The summed E-state index contributed by atoms with van der Waals surface area (Å²) in [6.45, 7) is 6.35. The SMILES string of the molecule is COc1ccccc1CN1C(=O)C(=O)/C(=C(/O)c2ccc(C)cc2)C1c1ccc(C(C)C)cc1. The van der Waals surface area contributed by atoms with Gasteiger partial charge in [0.25, 0.3) is 11.7 Å². The van der Waals surface area contributed by atoms with Crippen LogP contribution >= 0.6 is 0 Å². The highest BCUT2D eigenvalue weighted by Crippen LogP contribution is 2.41. The van der Waals surface area contributed by atoms with Gasteiger partial charge < -0.3 is 14.7 Å². The average Bonchev–Trinajstić information content (AvgIpc) is 3.09. The third-order valence-electron chi connectivity index (χ3n) is 6.32. The number of para-hydroxylation sites is 1. The predicted octanol–water partition coefficient (Wildman–Crippen LogP) is 5.75. The highest BCUT2D eigenvalue weighted by Gasteiger charge is 2.46. The van der Waals surface area contributed by atoms with Gasteiger partial charge in [0.05, 0.1) is 25.3 Å². The maximum absolute atomic E-state index is 13.3. The molecular formula is C29H29NO4. The molecule has 34 heavy (non-hydrogen) atoms. The fraction of sp³-hybridized carbons (Fsp3) is 0.241. The molecule has 1 aliphatic heterocycles. The first-order chi connectivity index (χ1) is 16.3. The molecule has 1 aliphatic rings. The second-order valence-corrected chi connectivity index (χ2v) is 8.93. The number of aryl methyl sites for hydroxylation is 1. The molecule has 1 amide bonds. The van der Waals surface area contributed by atoms with E-state index in [1.807, 2.05) is 67.6 Å². The molecule has 1 saturated heterocycles. The summed E-state index contributed by atoms with van der Waals surface area (Å²) in [4.78, 5) is 28.0. The summed E-state index contributed by atoms with van der Waals surface area (Å²) in [5.41, 5.74) is 4.35. The molecule has 0 saturated carbocycles. The number of ether oxygens (including phenoxy) is 1. The van der Waals surface area contributed by atoms with Crippen molar-refractivity contribution >= 4 is 17.4 Å². The Balaban J connectivity index is 1.86. The van der Waals surface area contributed by atoms with Crippen molar-refractivity contribution in [2.45, 2.75) is 39.3 Å². The van der Waals surface area contributed by atoms with E-state index in [0.29, 0.717) is 17.2 Å². The molecule has 5 heteroatoms. The topological polar surface area (TPSA) is 66.8 Å². The van der Waals surface area contributed by atoms with Crippen LogP contribution in [-0.2, 0) is 16.1 Å². The zero-order valence-corrected chi connectivity index (χ0v) is 19.9. The van der Waals surface area contributed by atoms with Crippen molar-refractivity contribution in [1.82, 2.24) is 4.90 Å². The van der Waals surface area contributed by atoms with Gasteiger partial charge in [0, 0.05) is 11.1 Å². The summed E-state index contributed by atoms with van der Waals surface area (Å²) < 4.78 is 5.47. The molecule has 0 spiro atoms. The van der Waals surface area contributed by atoms with Gasteiger partial charge in [-0.05, 0) is 30.0 Å². The maximum Gasteiger partial charge on any atom is 0.295 e. The van der Waals surface area contributed by atoms with E-state index >= 15 is 0 Å². The maximum atomic E-state index is 13.3. The summed E-state index contributed by atoms with van der Waals surface area (Å²) >= 11 is 0. The molecule has 5 nitrogen and oxygen atoms in total. The Kier molecular flexibility index (Phi) is 6.55. The summed E-state index contributed by atoms with van der Waals surface area (Å²) in [6.07, 6.45) is 0. The highest BCUT2D eigenvalue weighted by atomic mass is 16.5. The number of carbonyl (C=O) groups excluding carboxylic acids is 2. The van der Waals surface area contributed by atoms with E-state index < -0.39 is 17.7 Å². The molecule has 4 rings (SSSR count). The second kappa shape index (κ2) is 9.56. The Morgan fingerprint density at radius 2 is 1.62 bits per heavy atom. The largest absolute Gasteiger partial charge is 0.507 e. The van der Waals surface area contributed by atoms with Crippen LogP contribution in [0.25, 0.3) is 5.76 Å². The number of Topliss-reactive ketones (excluding diaryl/α,β-unsaturated/α-hetero) is 1. The zero-order valence-electron chi connectivity index (χ0n) is 19.9. The third-order valence-corrected chi connectivity index (χ3v) is 6.32. The minimum absolute atomic E-state index is 0.0982. The molecule has 1 heterocycles. The highest BCUT2D eigenvalue weighted by molar-refractivity contribution is 6.46. The van der Waals surface area contributed by atoms with Crippen LogP contribution < -0.4 is 4.74 Å². The van der Waals surface area contributed by atoms with Crippen molar-refractivity contribution < 1.29 is 19.4 Å². The van der Waals surface area contributed by atoms with Gasteiger partial charge in [-0.3, -0.25) is 9.59 Å². The molecule has 1 N–H and O–H groups in total. The molecule has 1 unspecified atom stereocenters. The minimum Gasteiger partial charge on any atom is -0.507 e. The fourth-order valence-electron chi connectivity index (χ4n) is 4.34. The molecule has 1 atom stereocenters. The Morgan fingerprint density at radius 1 is 0.971 bits per heavy atom. The summed E-state index contributed by atoms with van der Waals surface area (Å²) in [6, 6.07) is 21.8. The van der Waals surface area contributed by atoms with E-state index in [1.165, 1.54) is 4.90 Å². The van der Waals surface area contributed by atoms with E-state index in [-0.39, 0.29) is 17.9 Å². The Morgan fingerprint density at radius 3 is 2.24 bits per heavy atom. The van der Waals surface area contributed by atoms with Crippen LogP contribution in [-0.4, -0.2) is 28.8 Å². The van der Waals surface area contributed by atoms with Crippen LogP contribution in [0.2, 0.25) is 0 Å². The Bertz CT molecular complexity index is 1240. The fourth-order valence-corrected chi connectivity index (χ4v) is 4.34. The van der Waals surface area contributed by atoms with Gasteiger partial charge in [0.1, 0.15) is 11.5 Å². The number of methoxy groups -OCH3 is 1. The van der Waals surface area contributed by atoms with Crippen molar-refractivity contribution in [1.29, 1.82) is 0 Å². The van der Waals surface area contributed by atoms with Gasteiger partial charge in [0.2, 0.25) is 0 Å². The Hall–Kier alpha value is -3.86. The first-order valence-corrected chi connectivity index (χ1v) is 11.4. The number of carbonyl (C=O) groups is 2. The number of nitrogens with zero attached hydrogens (tertiary/aromatic N) is 1. The lowest BCUT2D eigenvalue weighted by Gasteiger charge is -2.26. The predicted molar refractivity (Wildman–Crippen MR) is 133 cm³/mol. The van der Waals surface area contributed by atoms with E-state index in [9.17, 15) is 14.7 Å². The first-order valence-electron chi connectivity index (χ1n) is 11.4. The number of aliphatic hydroxyl groups is 1. The molecule has 0 radical (unpaired) electrons. The molecule has 0 aliphatic carbocycles. The van der Waals surface area contributed by atoms with Gasteiger partial charge in [0.15, 0.2) is 0 Å². The normalized spacial score (nSPS) is 17.4. The first kappa shape index (κ1) is 23.3. The lowest BCUT2D eigenvalue weighted by atomic mass is 9.93. The van der Waals surface area contributed by atoms with Gasteiger partial charge in [-0.15, -0.1) is 0 Å². The van der Waals surface area contributed by atoms with E-state index in [4.69, 9.17) is 4.74 Å². The second-order valence-electron chi connectivity index (χ2n) is 8.93. The molecule has 3 aromatic carbocycles. The summed E-state index contributed by atoms with van der Waals surface area (Å²) in [7, 11) is 1.58. The Labute approximate surface area is 200 Å². The lowest BCUT2D eigenvalue weighted by molar-refractivity contribution is -0.140. The summed E-state index contributed by atoms with van der Waals surface area (Å²) in [5, 5.41) is 11.2. The quantitative estimate of drug-likeness (QED) is 0.292. The van der Waals surface area contributed by atoms with Crippen LogP contribution in [0.3, 0.4) is 0 Å². The monoisotopic (exact) mass is 455 g/mol. The van der Waals surface area contributed by atoms with E-state index in [2.05, 4.69) is 13.8 Å². The van der Waals surface area contributed by atoms with Gasteiger partial charge in [-0.2, -0.15) is 0 Å². The van der Waals surface area contributed by atoms with Crippen LogP contribution in [0, 0.1) is 6.92 Å². The number of hydrogen-bond donors (Lipinski definition) is 1.